The molecule has 3 amide bonds. The molecule has 0 spiro atoms. The normalized spacial score (nSPS) is 22.4. The molecular formula is C25H28N4O4. The van der Waals surface area contributed by atoms with E-state index in [1.54, 1.807) is 0 Å². The van der Waals surface area contributed by atoms with Gasteiger partial charge in [-0.15, -0.1) is 0 Å². The summed E-state index contributed by atoms with van der Waals surface area (Å²) < 4.78 is 30.6. The van der Waals surface area contributed by atoms with Crippen molar-refractivity contribution in [3.63, 3.8) is 0 Å². The van der Waals surface area contributed by atoms with Gasteiger partial charge in [-0.2, -0.15) is 0 Å². The van der Waals surface area contributed by atoms with Crippen molar-refractivity contribution >= 4 is 23.4 Å². The first-order valence-corrected chi connectivity index (χ1v) is 11.2. The monoisotopic (exact) mass is 451 g/mol. The van der Waals surface area contributed by atoms with Crippen molar-refractivity contribution in [3.8, 4) is 0 Å². The second-order valence-corrected chi connectivity index (χ2v) is 8.51. The lowest BCUT2D eigenvalue weighted by Crippen LogP contribution is -2.52. The van der Waals surface area contributed by atoms with E-state index in [2.05, 4.69) is 21.6 Å². The number of piperidine rings is 1. The summed E-state index contributed by atoms with van der Waals surface area (Å²) in [5, 5.41) is 5.54. The van der Waals surface area contributed by atoms with Gasteiger partial charge in [-0.3, -0.25) is 24.6 Å². The third-order valence-corrected chi connectivity index (χ3v) is 6.44. The number of nitrogens with one attached hydrogen (secondary N) is 2. The smallest absolute Gasteiger partial charge is 0.255 e. The van der Waals surface area contributed by atoms with Crippen LogP contribution in [0.25, 0.3) is 0 Å². The molecule has 3 aliphatic heterocycles. The second-order valence-electron chi connectivity index (χ2n) is 8.51. The van der Waals surface area contributed by atoms with Crippen LogP contribution in [0.3, 0.4) is 0 Å². The molecule has 0 saturated carbocycles. The maximum atomic E-state index is 13.3. The largest absolute Gasteiger partial charge is 0.381 e. The Balaban J connectivity index is 1.41. The van der Waals surface area contributed by atoms with E-state index < -0.39 is 17.9 Å². The van der Waals surface area contributed by atoms with E-state index >= 15 is 0 Å². The van der Waals surface area contributed by atoms with Gasteiger partial charge in [0, 0.05) is 56.0 Å². The Morgan fingerprint density at radius 3 is 2.70 bits per heavy atom. The van der Waals surface area contributed by atoms with Crippen LogP contribution in [0.1, 0.15) is 44.0 Å². The molecule has 8 heteroatoms. The van der Waals surface area contributed by atoms with Crippen LogP contribution in [0, 0.1) is 0 Å². The first-order valence-electron chi connectivity index (χ1n) is 12.7. The topological polar surface area (TPSA) is 91.0 Å². The SMILES string of the molecule is [2H]c1c([2H])c(NCc2ccccc2CN2CCOCC2)c2c(c1[2H])C(=O)N(C1CCC(=O)NC1=O)C2. The van der Waals surface area contributed by atoms with Crippen molar-refractivity contribution in [2.24, 2.45) is 0 Å². The number of nitrogens with zero attached hydrogens (tertiary/aromatic N) is 2. The third kappa shape index (κ3) is 4.49. The van der Waals surface area contributed by atoms with Gasteiger partial charge in [-0.05, 0) is 29.6 Å². The molecule has 5 rings (SSSR count). The highest BCUT2D eigenvalue weighted by Gasteiger charge is 2.39. The van der Waals surface area contributed by atoms with Crippen LogP contribution in [0.15, 0.2) is 42.4 Å². The Morgan fingerprint density at radius 1 is 1.12 bits per heavy atom. The Hall–Kier alpha value is -3.23. The van der Waals surface area contributed by atoms with E-state index in [4.69, 9.17) is 8.85 Å². The van der Waals surface area contributed by atoms with Gasteiger partial charge in [-0.25, -0.2) is 0 Å². The molecule has 2 aromatic rings. The number of amides is 3. The number of hydrogen-bond donors (Lipinski definition) is 2. The minimum absolute atomic E-state index is 0.0379. The van der Waals surface area contributed by atoms with Crippen LogP contribution >= 0.6 is 0 Å². The number of anilines is 1. The minimum Gasteiger partial charge on any atom is -0.381 e. The van der Waals surface area contributed by atoms with E-state index in [-0.39, 0.29) is 49.0 Å². The highest BCUT2D eigenvalue weighted by Crippen LogP contribution is 2.32. The Kier molecular flexibility index (Phi) is 5.15. The summed E-state index contributed by atoms with van der Waals surface area (Å²) in [4.78, 5) is 40.9. The average molecular weight is 452 g/mol. The molecule has 8 nitrogen and oxygen atoms in total. The van der Waals surface area contributed by atoms with Crippen molar-refractivity contribution in [1.82, 2.24) is 15.1 Å². The van der Waals surface area contributed by atoms with Crippen LogP contribution in [0.5, 0.6) is 0 Å². The van der Waals surface area contributed by atoms with Gasteiger partial charge in [0.05, 0.1) is 17.3 Å². The molecule has 1 unspecified atom stereocenters. The van der Waals surface area contributed by atoms with Gasteiger partial charge >= 0.3 is 0 Å². The number of carbonyl (C=O) groups excluding carboxylic acids is 3. The molecule has 33 heavy (non-hydrogen) atoms. The lowest BCUT2D eigenvalue weighted by molar-refractivity contribution is -0.136. The van der Waals surface area contributed by atoms with Crippen LogP contribution in [-0.2, 0) is 34.0 Å². The maximum absolute atomic E-state index is 13.3. The summed E-state index contributed by atoms with van der Waals surface area (Å²) in [6.07, 6.45) is 0.333. The van der Waals surface area contributed by atoms with Crippen molar-refractivity contribution in [2.75, 3.05) is 31.6 Å². The summed E-state index contributed by atoms with van der Waals surface area (Å²) >= 11 is 0. The van der Waals surface area contributed by atoms with Gasteiger partial charge in [0.1, 0.15) is 6.04 Å². The molecule has 3 aliphatic rings. The molecule has 0 aliphatic carbocycles. The quantitative estimate of drug-likeness (QED) is 0.652. The molecule has 0 bridgehead atoms. The summed E-state index contributed by atoms with van der Waals surface area (Å²) in [5.41, 5.74) is 2.99. The van der Waals surface area contributed by atoms with Crippen molar-refractivity contribution in [1.29, 1.82) is 0 Å². The molecule has 2 saturated heterocycles. The molecule has 172 valence electrons. The second kappa shape index (κ2) is 9.33. The van der Waals surface area contributed by atoms with Crippen LogP contribution in [0.2, 0.25) is 0 Å². The predicted molar refractivity (Wildman–Crippen MR) is 122 cm³/mol. The van der Waals surface area contributed by atoms with Gasteiger partial charge in [0.2, 0.25) is 11.8 Å². The highest BCUT2D eigenvalue weighted by molar-refractivity contribution is 6.06. The number of imide groups is 1. The molecule has 3 heterocycles. The van der Waals surface area contributed by atoms with E-state index in [1.807, 2.05) is 18.2 Å². The minimum atomic E-state index is -0.826. The number of carbonyl (C=O) groups is 3. The van der Waals surface area contributed by atoms with E-state index in [1.165, 1.54) is 4.90 Å². The molecule has 2 fully saturated rings. The summed E-state index contributed by atoms with van der Waals surface area (Å²) in [6, 6.07) is 6.38. The summed E-state index contributed by atoms with van der Waals surface area (Å²) in [7, 11) is 0. The Bertz CT molecular complexity index is 1230. The third-order valence-electron chi connectivity index (χ3n) is 6.44. The van der Waals surface area contributed by atoms with Crippen molar-refractivity contribution in [3.05, 3.63) is 64.6 Å². The Labute approximate surface area is 197 Å². The van der Waals surface area contributed by atoms with Crippen LogP contribution in [0.4, 0.5) is 5.69 Å². The van der Waals surface area contributed by atoms with E-state index in [0.717, 1.165) is 30.8 Å². The van der Waals surface area contributed by atoms with Gasteiger partial charge < -0.3 is 15.0 Å². The van der Waals surface area contributed by atoms with Crippen LogP contribution < -0.4 is 10.6 Å². The number of ether oxygens (including phenoxy) is 1. The number of hydrogen-bond acceptors (Lipinski definition) is 6. The summed E-state index contributed by atoms with van der Waals surface area (Å²) in [6.45, 7) is 4.31. The van der Waals surface area contributed by atoms with E-state index in [0.29, 0.717) is 31.0 Å². The van der Waals surface area contributed by atoms with Gasteiger partial charge in [-0.1, -0.05) is 30.3 Å². The van der Waals surface area contributed by atoms with E-state index in [9.17, 15) is 14.4 Å². The predicted octanol–water partition coefficient (Wildman–Crippen LogP) is 1.89. The average Bonchev–Trinajstić information content (AvgIpc) is 3.21. The van der Waals surface area contributed by atoms with Gasteiger partial charge in [0.25, 0.3) is 5.91 Å². The molecule has 0 radical (unpaired) electrons. The molecule has 2 aromatic carbocycles. The lowest BCUT2D eigenvalue weighted by Gasteiger charge is -2.29. The zero-order chi connectivity index (χ0) is 25.4. The highest BCUT2D eigenvalue weighted by atomic mass is 16.5. The number of morpholine rings is 1. The van der Waals surface area contributed by atoms with Crippen molar-refractivity contribution < 1.29 is 23.2 Å². The zero-order valence-corrected chi connectivity index (χ0v) is 18.3. The Morgan fingerprint density at radius 2 is 1.91 bits per heavy atom. The molecule has 2 N–H and O–H groups in total. The molecular weight excluding hydrogens is 420 g/mol. The van der Waals surface area contributed by atoms with Gasteiger partial charge in [0.15, 0.2) is 0 Å². The lowest BCUT2D eigenvalue weighted by atomic mass is 10.0. The first-order chi connectivity index (χ1) is 17.3. The molecule has 1 atom stereocenters. The number of fused-ring (bicyclic) bond motifs is 1. The number of rotatable bonds is 6. The zero-order valence-electron chi connectivity index (χ0n) is 21.3. The van der Waals surface area contributed by atoms with Crippen molar-refractivity contribution in [2.45, 2.75) is 38.5 Å². The fourth-order valence-electron chi connectivity index (χ4n) is 4.61. The van der Waals surface area contributed by atoms with Crippen LogP contribution in [-0.4, -0.2) is 59.9 Å². The number of benzene rings is 2. The first kappa shape index (κ1) is 18.2. The standard InChI is InChI=1S/C25H28N4O4/c30-23-9-8-22(24(31)27-23)29-16-20-19(25(29)32)6-3-7-21(20)26-14-17-4-1-2-5-18(17)15-28-10-12-33-13-11-28/h1-7,22,26H,8-16H2,(H,27,30,31)/i3D,6D,7D. The fraction of sp³-hybridized carbons (Fsp3) is 0.400. The molecule has 0 aromatic heterocycles. The maximum Gasteiger partial charge on any atom is 0.255 e. The fourth-order valence-corrected chi connectivity index (χ4v) is 4.61. The summed E-state index contributed by atoms with van der Waals surface area (Å²) in [5.74, 6) is -1.43.